The first-order chi connectivity index (χ1) is 11.6. The molecule has 1 amide bonds. The van der Waals surface area contributed by atoms with Crippen LogP contribution < -0.4 is 0 Å². The fourth-order valence-corrected chi connectivity index (χ4v) is 3.51. The lowest BCUT2D eigenvalue weighted by Gasteiger charge is -2.50. The summed E-state index contributed by atoms with van der Waals surface area (Å²) in [4.78, 5) is 18.2. The van der Waals surface area contributed by atoms with Gasteiger partial charge in [0, 0.05) is 31.3 Å². The van der Waals surface area contributed by atoms with Crippen molar-refractivity contribution in [2.24, 2.45) is 11.8 Å². The van der Waals surface area contributed by atoms with E-state index in [0.717, 1.165) is 38.1 Å². The summed E-state index contributed by atoms with van der Waals surface area (Å²) in [6.07, 6.45) is 6.19. The number of pyridine rings is 1. The van der Waals surface area contributed by atoms with Crippen molar-refractivity contribution < 1.29 is 14.3 Å². The highest BCUT2D eigenvalue weighted by molar-refractivity contribution is 5.77. The molecule has 0 radical (unpaired) electrons. The Kier molecular flexibility index (Phi) is 5.51. The van der Waals surface area contributed by atoms with Gasteiger partial charge in [0.1, 0.15) is 5.60 Å². The van der Waals surface area contributed by atoms with E-state index in [0.29, 0.717) is 31.5 Å². The lowest BCUT2D eigenvalue weighted by atomic mass is 9.81. The zero-order valence-electron chi connectivity index (χ0n) is 14.7. The minimum atomic E-state index is -0.161. The van der Waals surface area contributed by atoms with Crippen molar-refractivity contribution in [3.63, 3.8) is 0 Å². The number of aromatic nitrogens is 1. The van der Waals surface area contributed by atoms with E-state index in [1.807, 2.05) is 17.0 Å². The highest BCUT2D eigenvalue weighted by Gasteiger charge is 2.54. The van der Waals surface area contributed by atoms with Crippen LogP contribution in [0.3, 0.4) is 0 Å². The van der Waals surface area contributed by atoms with E-state index in [1.165, 1.54) is 0 Å². The van der Waals surface area contributed by atoms with Crippen LogP contribution in [0.5, 0.6) is 0 Å². The predicted molar refractivity (Wildman–Crippen MR) is 91.3 cm³/mol. The largest absolute Gasteiger partial charge is 0.376 e. The molecule has 5 heteroatoms. The molecule has 3 heterocycles. The Hall–Kier alpha value is -1.46. The number of likely N-dealkylation sites (tertiary alicyclic amines) is 1. The molecule has 0 aromatic carbocycles. The molecule has 0 N–H and O–H groups in total. The Balaban J connectivity index is 1.44. The van der Waals surface area contributed by atoms with Gasteiger partial charge in [0.05, 0.1) is 26.3 Å². The molecule has 0 bridgehead atoms. The predicted octanol–water partition coefficient (Wildman–Crippen LogP) is 2.65. The van der Waals surface area contributed by atoms with Gasteiger partial charge in [-0.05, 0) is 36.5 Å². The number of hydrogen-bond acceptors (Lipinski definition) is 4. The van der Waals surface area contributed by atoms with Crippen molar-refractivity contribution in [2.75, 3.05) is 26.3 Å². The molecule has 2 fully saturated rings. The maximum atomic E-state index is 12.2. The molecule has 1 aromatic heterocycles. The zero-order valence-corrected chi connectivity index (χ0v) is 14.7. The molecule has 0 saturated carbocycles. The Morgan fingerprint density at radius 2 is 2.17 bits per heavy atom. The minimum Gasteiger partial charge on any atom is -0.376 e. The number of carbonyl (C=O) groups excluding carboxylic acids is 1. The second kappa shape index (κ2) is 7.62. The van der Waals surface area contributed by atoms with Crippen LogP contribution in [0.1, 0.15) is 38.7 Å². The molecular weight excluding hydrogens is 304 g/mol. The number of hydrogen-bond donors (Lipinski definition) is 0. The highest BCUT2D eigenvalue weighted by atomic mass is 16.5. The SMILES string of the molecule is CC(C)CCC(=O)N1CC2(C1)OCC[C@@H]2COCc1ccncc1. The van der Waals surface area contributed by atoms with Gasteiger partial charge in [0.15, 0.2) is 0 Å². The lowest BCUT2D eigenvalue weighted by molar-refractivity contribution is -0.169. The summed E-state index contributed by atoms with van der Waals surface area (Å²) >= 11 is 0. The van der Waals surface area contributed by atoms with E-state index < -0.39 is 0 Å². The summed E-state index contributed by atoms with van der Waals surface area (Å²) in [6, 6.07) is 3.94. The quantitative estimate of drug-likeness (QED) is 0.770. The van der Waals surface area contributed by atoms with Gasteiger partial charge in [0.25, 0.3) is 0 Å². The van der Waals surface area contributed by atoms with E-state index in [9.17, 15) is 4.79 Å². The van der Waals surface area contributed by atoms with E-state index in [4.69, 9.17) is 9.47 Å². The summed E-state index contributed by atoms with van der Waals surface area (Å²) in [6.45, 7) is 7.84. The zero-order chi connectivity index (χ0) is 17.0. The first kappa shape index (κ1) is 17.4. The van der Waals surface area contributed by atoms with Gasteiger partial charge >= 0.3 is 0 Å². The molecule has 2 saturated heterocycles. The van der Waals surface area contributed by atoms with Crippen LogP contribution >= 0.6 is 0 Å². The van der Waals surface area contributed by atoms with Crippen LogP contribution in [0.15, 0.2) is 24.5 Å². The van der Waals surface area contributed by atoms with Gasteiger partial charge in [0.2, 0.25) is 5.91 Å². The Bertz CT molecular complexity index is 541. The van der Waals surface area contributed by atoms with Gasteiger partial charge in [-0.1, -0.05) is 13.8 Å². The average molecular weight is 332 g/mol. The maximum Gasteiger partial charge on any atom is 0.222 e. The van der Waals surface area contributed by atoms with Crippen molar-refractivity contribution in [3.8, 4) is 0 Å². The smallest absolute Gasteiger partial charge is 0.222 e. The number of ether oxygens (including phenoxy) is 2. The number of rotatable bonds is 7. The summed E-state index contributed by atoms with van der Waals surface area (Å²) in [5.41, 5.74) is 0.975. The van der Waals surface area contributed by atoms with Gasteiger partial charge in [-0.2, -0.15) is 0 Å². The first-order valence-electron chi connectivity index (χ1n) is 8.97. The molecule has 24 heavy (non-hydrogen) atoms. The second-order valence-corrected chi connectivity index (χ2v) is 7.45. The van der Waals surface area contributed by atoms with E-state index in [-0.39, 0.29) is 11.5 Å². The van der Waals surface area contributed by atoms with Crippen LogP contribution in [0.25, 0.3) is 0 Å². The molecule has 132 valence electrons. The van der Waals surface area contributed by atoms with Crippen molar-refractivity contribution in [3.05, 3.63) is 30.1 Å². The van der Waals surface area contributed by atoms with Crippen molar-refractivity contribution in [1.82, 2.24) is 9.88 Å². The van der Waals surface area contributed by atoms with Gasteiger partial charge < -0.3 is 14.4 Å². The average Bonchev–Trinajstić information content (AvgIpc) is 2.96. The number of amides is 1. The fourth-order valence-electron chi connectivity index (χ4n) is 3.51. The van der Waals surface area contributed by atoms with E-state index in [1.54, 1.807) is 12.4 Å². The summed E-state index contributed by atoms with van der Waals surface area (Å²) < 4.78 is 11.9. The molecule has 3 rings (SSSR count). The number of carbonyl (C=O) groups is 1. The second-order valence-electron chi connectivity index (χ2n) is 7.45. The summed E-state index contributed by atoms with van der Waals surface area (Å²) in [7, 11) is 0. The molecule has 0 unspecified atom stereocenters. The van der Waals surface area contributed by atoms with E-state index >= 15 is 0 Å². The van der Waals surface area contributed by atoms with Crippen LogP contribution in [-0.4, -0.2) is 47.7 Å². The van der Waals surface area contributed by atoms with Crippen LogP contribution in [0, 0.1) is 11.8 Å². The topological polar surface area (TPSA) is 51.7 Å². The molecule has 1 aromatic rings. The molecule has 1 spiro atoms. The van der Waals surface area contributed by atoms with Crippen LogP contribution in [0.2, 0.25) is 0 Å². The van der Waals surface area contributed by atoms with Gasteiger partial charge in [-0.3, -0.25) is 9.78 Å². The Morgan fingerprint density at radius 3 is 2.88 bits per heavy atom. The summed E-state index contributed by atoms with van der Waals surface area (Å²) in [5.74, 6) is 1.22. The van der Waals surface area contributed by atoms with Crippen LogP contribution in [-0.2, 0) is 20.9 Å². The molecule has 0 aliphatic carbocycles. The Labute approximate surface area is 144 Å². The third-order valence-corrected chi connectivity index (χ3v) is 5.14. The minimum absolute atomic E-state index is 0.161. The molecule has 1 atom stereocenters. The van der Waals surface area contributed by atoms with Gasteiger partial charge in [-0.25, -0.2) is 0 Å². The monoisotopic (exact) mass is 332 g/mol. The maximum absolute atomic E-state index is 12.2. The third-order valence-electron chi connectivity index (χ3n) is 5.14. The molecule has 2 aliphatic rings. The van der Waals surface area contributed by atoms with Crippen molar-refractivity contribution in [1.29, 1.82) is 0 Å². The standard InChI is InChI=1S/C19H28N2O3/c1-15(2)3-4-18(22)21-13-19(14-21)17(7-10-24-19)12-23-11-16-5-8-20-9-6-16/h5-6,8-9,15,17H,3-4,7,10-14H2,1-2H3/t17-/m1/s1. The van der Waals surface area contributed by atoms with Crippen molar-refractivity contribution >= 4 is 5.91 Å². The van der Waals surface area contributed by atoms with E-state index in [2.05, 4.69) is 18.8 Å². The summed E-state index contributed by atoms with van der Waals surface area (Å²) in [5, 5.41) is 0. The van der Waals surface area contributed by atoms with Crippen molar-refractivity contribution in [2.45, 2.75) is 45.3 Å². The van der Waals surface area contributed by atoms with Gasteiger partial charge in [-0.15, -0.1) is 0 Å². The van der Waals surface area contributed by atoms with Crippen LogP contribution in [0.4, 0.5) is 0 Å². The Morgan fingerprint density at radius 1 is 1.42 bits per heavy atom. The highest BCUT2D eigenvalue weighted by Crippen LogP contribution is 2.40. The normalized spacial score (nSPS) is 22.1. The number of nitrogens with zero attached hydrogens (tertiary/aromatic N) is 2. The lowest BCUT2D eigenvalue weighted by Crippen LogP contribution is -2.66. The molecule has 2 aliphatic heterocycles. The first-order valence-corrected chi connectivity index (χ1v) is 8.97. The fraction of sp³-hybridized carbons (Fsp3) is 0.684. The third kappa shape index (κ3) is 3.95. The molecular formula is C19H28N2O3. The molecule has 5 nitrogen and oxygen atoms in total.